The van der Waals surface area contributed by atoms with Crippen LogP contribution >= 0.6 is 11.6 Å². The molecule has 0 spiro atoms. The number of carbonyl (C=O) groups is 1. The molecule has 0 saturated heterocycles. The zero-order chi connectivity index (χ0) is 13.0. The first-order valence-electron chi connectivity index (χ1n) is 5.49. The summed E-state index contributed by atoms with van der Waals surface area (Å²) < 4.78 is 0. The van der Waals surface area contributed by atoms with Crippen molar-refractivity contribution in [3.05, 3.63) is 66.2 Å². The molecule has 0 fully saturated rings. The minimum atomic E-state index is -0.241. The van der Waals surface area contributed by atoms with Crippen LogP contribution in [0.1, 0.15) is 0 Å². The predicted molar refractivity (Wildman–Crippen MR) is 75.7 cm³/mol. The normalized spacial score (nSPS) is 9.83. The smallest absolute Gasteiger partial charge is 0.247 e. The van der Waals surface area contributed by atoms with Gasteiger partial charge in [-0.05, 0) is 29.8 Å². The van der Waals surface area contributed by atoms with Crippen LogP contribution in [0.2, 0.25) is 5.02 Å². The second-order valence-corrected chi connectivity index (χ2v) is 4.19. The predicted octanol–water partition coefficient (Wildman–Crippen LogP) is 4.13. The van der Waals surface area contributed by atoms with Crippen LogP contribution in [0, 0.1) is 0 Å². The first-order valence-corrected chi connectivity index (χ1v) is 5.87. The highest BCUT2D eigenvalue weighted by Gasteiger charge is 2.07. The van der Waals surface area contributed by atoms with Crippen molar-refractivity contribution < 1.29 is 4.79 Å². The van der Waals surface area contributed by atoms with Crippen LogP contribution in [0.3, 0.4) is 0 Å². The van der Waals surface area contributed by atoms with E-state index in [1.54, 1.807) is 12.1 Å². The molecule has 18 heavy (non-hydrogen) atoms. The summed E-state index contributed by atoms with van der Waals surface area (Å²) in [6.07, 6.45) is 1.24. The zero-order valence-electron chi connectivity index (χ0n) is 9.69. The lowest BCUT2D eigenvalue weighted by atomic mass is 10.0. The molecular formula is C15H12ClNO. The maximum atomic E-state index is 11.4. The van der Waals surface area contributed by atoms with E-state index in [0.717, 1.165) is 16.8 Å². The molecule has 0 radical (unpaired) electrons. The molecular weight excluding hydrogens is 246 g/mol. The molecule has 3 heteroatoms. The molecule has 0 aliphatic heterocycles. The molecule has 2 nitrogen and oxygen atoms in total. The molecule has 2 aromatic carbocycles. The van der Waals surface area contributed by atoms with Crippen molar-refractivity contribution in [3.8, 4) is 11.1 Å². The Labute approximate surface area is 111 Å². The minimum Gasteiger partial charge on any atom is -0.322 e. The molecule has 0 aliphatic carbocycles. The average Bonchev–Trinajstić information content (AvgIpc) is 2.41. The minimum absolute atomic E-state index is 0.241. The maximum Gasteiger partial charge on any atom is 0.247 e. The molecule has 0 saturated carbocycles. The van der Waals surface area contributed by atoms with Gasteiger partial charge in [0.05, 0.1) is 0 Å². The monoisotopic (exact) mass is 257 g/mol. The Hall–Kier alpha value is -2.06. The van der Waals surface area contributed by atoms with Crippen molar-refractivity contribution in [2.45, 2.75) is 0 Å². The van der Waals surface area contributed by atoms with Gasteiger partial charge in [-0.3, -0.25) is 4.79 Å². The van der Waals surface area contributed by atoms with E-state index >= 15 is 0 Å². The van der Waals surface area contributed by atoms with E-state index in [4.69, 9.17) is 11.6 Å². The number of anilines is 1. The summed E-state index contributed by atoms with van der Waals surface area (Å²) in [6.45, 7) is 3.44. The van der Waals surface area contributed by atoms with Gasteiger partial charge in [0.1, 0.15) is 0 Å². The van der Waals surface area contributed by atoms with Gasteiger partial charge in [0.25, 0.3) is 0 Å². The Balaban J connectivity index is 2.47. The van der Waals surface area contributed by atoms with E-state index in [1.165, 1.54) is 6.08 Å². The molecule has 0 aromatic heterocycles. The number of carbonyl (C=O) groups excluding carboxylic acids is 1. The van der Waals surface area contributed by atoms with Gasteiger partial charge in [0, 0.05) is 16.3 Å². The van der Waals surface area contributed by atoms with Gasteiger partial charge in [-0.15, -0.1) is 0 Å². The van der Waals surface area contributed by atoms with Gasteiger partial charge in [-0.25, -0.2) is 0 Å². The van der Waals surface area contributed by atoms with Gasteiger partial charge < -0.3 is 5.32 Å². The highest BCUT2D eigenvalue weighted by atomic mass is 35.5. The fourth-order valence-electron chi connectivity index (χ4n) is 1.67. The number of hydrogen-bond donors (Lipinski definition) is 1. The largest absolute Gasteiger partial charge is 0.322 e. The van der Waals surface area contributed by atoms with Gasteiger partial charge in [-0.1, -0.05) is 48.5 Å². The van der Waals surface area contributed by atoms with E-state index < -0.39 is 0 Å². The summed E-state index contributed by atoms with van der Waals surface area (Å²) in [5.74, 6) is -0.241. The Morgan fingerprint density at radius 3 is 2.56 bits per heavy atom. The molecule has 2 rings (SSSR count). The fourth-order valence-corrected chi connectivity index (χ4v) is 1.84. The van der Waals surface area contributed by atoms with Gasteiger partial charge in [0.2, 0.25) is 5.91 Å². The van der Waals surface area contributed by atoms with Crippen LogP contribution in [0.25, 0.3) is 11.1 Å². The van der Waals surface area contributed by atoms with Crippen LogP contribution in [-0.4, -0.2) is 5.91 Å². The number of nitrogens with one attached hydrogen (secondary N) is 1. The highest BCUT2D eigenvalue weighted by molar-refractivity contribution is 6.31. The third-order valence-corrected chi connectivity index (χ3v) is 2.74. The summed E-state index contributed by atoms with van der Waals surface area (Å²) in [7, 11) is 0. The standard InChI is InChI=1S/C15H12ClNO/c1-2-15(18)17-14-9-8-12(16)10-13(14)11-6-4-3-5-7-11/h2-10H,1H2,(H,17,18). The Kier molecular flexibility index (Phi) is 3.80. The molecule has 0 bridgehead atoms. The lowest BCUT2D eigenvalue weighted by Gasteiger charge is -2.10. The van der Waals surface area contributed by atoms with E-state index in [1.807, 2.05) is 36.4 Å². The molecule has 1 N–H and O–H groups in total. The molecule has 90 valence electrons. The van der Waals surface area contributed by atoms with Crippen molar-refractivity contribution in [2.24, 2.45) is 0 Å². The second kappa shape index (κ2) is 5.52. The van der Waals surface area contributed by atoms with Crippen molar-refractivity contribution in [1.82, 2.24) is 0 Å². The first-order chi connectivity index (χ1) is 8.70. The zero-order valence-corrected chi connectivity index (χ0v) is 10.4. The molecule has 0 aliphatic rings. The van der Waals surface area contributed by atoms with E-state index in [2.05, 4.69) is 11.9 Å². The number of amides is 1. The number of benzene rings is 2. The summed E-state index contributed by atoms with van der Waals surface area (Å²) in [5, 5.41) is 3.40. The molecule has 2 aromatic rings. The summed E-state index contributed by atoms with van der Waals surface area (Å²) in [5.41, 5.74) is 2.60. The maximum absolute atomic E-state index is 11.4. The number of halogens is 1. The SMILES string of the molecule is C=CC(=O)Nc1ccc(Cl)cc1-c1ccccc1. The quantitative estimate of drug-likeness (QED) is 0.823. The lowest BCUT2D eigenvalue weighted by Crippen LogP contribution is -2.08. The highest BCUT2D eigenvalue weighted by Crippen LogP contribution is 2.30. The van der Waals surface area contributed by atoms with Crippen LogP contribution in [0.5, 0.6) is 0 Å². The third-order valence-electron chi connectivity index (χ3n) is 2.51. The third kappa shape index (κ3) is 2.79. The van der Waals surface area contributed by atoms with Crippen molar-refractivity contribution in [3.63, 3.8) is 0 Å². The van der Waals surface area contributed by atoms with Crippen molar-refractivity contribution in [2.75, 3.05) is 5.32 Å². The molecule has 1 amide bonds. The summed E-state index contributed by atoms with van der Waals surface area (Å²) >= 11 is 6.00. The van der Waals surface area contributed by atoms with Gasteiger partial charge >= 0.3 is 0 Å². The van der Waals surface area contributed by atoms with E-state index in [9.17, 15) is 4.79 Å². The Morgan fingerprint density at radius 2 is 1.89 bits per heavy atom. The van der Waals surface area contributed by atoms with Crippen LogP contribution < -0.4 is 5.32 Å². The lowest BCUT2D eigenvalue weighted by molar-refractivity contribution is -0.111. The summed E-state index contributed by atoms with van der Waals surface area (Å²) in [4.78, 5) is 11.4. The Morgan fingerprint density at radius 1 is 1.17 bits per heavy atom. The fraction of sp³-hybridized carbons (Fsp3) is 0. The summed E-state index contributed by atoms with van der Waals surface area (Å²) in [6, 6.07) is 15.1. The van der Waals surface area contributed by atoms with E-state index in [-0.39, 0.29) is 5.91 Å². The van der Waals surface area contributed by atoms with Crippen molar-refractivity contribution in [1.29, 1.82) is 0 Å². The topological polar surface area (TPSA) is 29.1 Å². The second-order valence-electron chi connectivity index (χ2n) is 3.75. The molecule has 0 atom stereocenters. The van der Waals surface area contributed by atoms with Crippen LogP contribution in [-0.2, 0) is 4.79 Å². The Bertz CT molecular complexity index is 578. The average molecular weight is 258 g/mol. The number of hydrogen-bond acceptors (Lipinski definition) is 1. The van der Waals surface area contributed by atoms with Gasteiger partial charge in [0.15, 0.2) is 0 Å². The van der Waals surface area contributed by atoms with Crippen LogP contribution in [0.15, 0.2) is 61.2 Å². The molecule has 0 heterocycles. The van der Waals surface area contributed by atoms with Crippen molar-refractivity contribution >= 4 is 23.2 Å². The number of rotatable bonds is 3. The van der Waals surface area contributed by atoms with E-state index in [0.29, 0.717) is 5.02 Å². The first kappa shape index (κ1) is 12.4. The molecule has 0 unspecified atom stereocenters. The van der Waals surface area contributed by atoms with Crippen LogP contribution in [0.4, 0.5) is 5.69 Å². The van der Waals surface area contributed by atoms with Gasteiger partial charge in [-0.2, -0.15) is 0 Å².